The number of urea groups is 1. The molecule has 9 heteroatoms. The lowest BCUT2D eigenvalue weighted by Crippen LogP contribution is -2.52. The van der Waals surface area contributed by atoms with E-state index in [1.54, 1.807) is 19.1 Å². The molecule has 1 aliphatic heterocycles. The largest absolute Gasteiger partial charge is 0.344 e. The minimum atomic E-state index is -1.09. The molecule has 1 saturated heterocycles. The van der Waals surface area contributed by atoms with Crippen LogP contribution in [0.1, 0.15) is 38.3 Å². The molecule has 1 atom stereocenters. The molecule has 32 heavy (non-hydrogen) atoms. The number of aryl methyl sites for hydroxylation is 1. The molecule has 0 saturated carbocycles. The van der Waals surface area contributed by atoms with Gasteiger partial charge in [0, 0.05) is 5.54 Å². The van der Waals surface area contributed by atoms with Crippen molar-refractivity contribution < 1.29 is 14.4 Å². The maximum atomic E-state index is 12.9. The number of hydrogen-bond donors (Lipinski definition) is 3. The first-order valence-electron chi connectivity index (χ1n) is 10.2. The summed E-state index contributed by atoms with van der Waals surface area (Å²) in [6.45, 7) is 5.31. The van der Waals surface area contributed by atoms with E-state index in [0.717, 1.165) is 16.1 Å². The number of rotatable bonds is 8. The van der Waals surface area contributed by atoms with Crippen molar-refractivity contribution in [1.29, 1.82) is 0 Å². The second-order valence-corrected chi connectivity index (χ2v) is 9.35. The molecule has 0 radical (unpaired) electrons. The third-order valence-corrected chi connectivity index (χ3v) is 6.33. The van der Waals surface area contributed by atoms with Crippen molar-refractivity contribution >= 4 is 41.0 Å². The number of nitrogens with zero attached hydrogens (tertiary/aromatic N) is 1. The molecule has 1 fully saturated rings. The van der Waals surface area contributed by atoms with Crippen molar-refractivity contribution in [2.75, 3.05) is 6.54 Å². The minimum Gasteiger partial charge on any atom is -0.322 e. The highest BCUT2D eigenvalue weighted by atomic mass is 35.5. The fourth-order valence-electron chi connectivity index (χ4n) is 3.45. The molecule has 1 unspecified atom stereocenters. The van der Waals surface area contributed by atoms with Gasteiger partial charge in [-0.1, -0.05) is 59.6 Å². The summed E-state index contributed by atoms with van der Waals surface area (Å²) < 4.78 is 0. The Labute approximate surface area is 197 Å². The van der Waals surface area contributed by atoms with E-state index >= 15 is 0 Å². The predicted octanol–water partition coefficient (Wildman–Crippen LogP) is 3.79. The topological polar surface area (TPSA) is 90.5 Å². The summed E-state index contributed by atoms with van der Waals surface area (Å²) >= 11 is 12.1. The highest BCUT2D eigenvalue weighted by molar-refractivity contribution is 6.42. The first-order valence-corrected chi connectivity index (χ1v) is 11.0. The second kappa shape index (κ2) is 9.48. The highest BCUT2D eigenvalue weighted by Crippen LogP contribution is 2.28. The number of carbonyl (C=O) groups excluding carboxylic acids is 3. The fourth-order valence-corrected chi connectivity index (χ4v) is 3.74. The summed E-state index contributed by atoms with van der Waals surface area (Å²) in [6, 6.07) is 14.3. The van der Waals surface area contributed by atoms with Gasteiger partial charge in [0.2, 0.25) is 0 Å². The average molecular weight is 477 g/mol. The van der Waals surface area contributed by atoms with Crippen LogP contribution in [0, 0.1) is 0 Å². The summed E-state index contributed by atoms with van der Waals surface area (Å²) in [5.74, 6) is -1.01. The van der Waals surface area contributed by atoms with Crippen molar-refractivity contribution in [3.63, 3.8) is 0 Å². The monoisotopic (exact) mass is 476 g/mol. The Bertz CT molecular complexity index is 1030. The summed E-state index contributed by atoms with van der Waals surface area (Å²) in [5, 5.41) is 7.41. The molecule has 0 bridgehead atoms. The van der Waals surface area contributed by atoms with Crippen LogP contribution in [0.5, 0.6) is 0 Å². The third-order valence-electron chi connectivity index (χ3n) is 5.59. The van der Waals surface area contributed by atoms with Crippen LogP contribution in [0.15, 0.2) is 48.5 Å². The maximum Gasteiger partial charge on any atom is 0.344 e. The van der Waals surface area contributed by atoms with E-state index in [1.165, 1.54) is 0 Å². The standard InChI is InChI=1S/C23H26Cl2N4O3/c1-22(2,16-9-10-17(24)18(25)13-16)26-14-19(30)28-29-20(31)23(3,27-21(29)32)12-11-15-7-5-4-6-8-15/h4-10,13,26H,11-12,14H2,1-3H3,(H,27,32)(H,28,30). The van der Waals surface area contributed by atoms with Gasteiger partial charge in [0.25, 0.3) is 11.8 Å². The van der Waals surface area contributed by atoms with E-state index in [9.17, 15) is 14.4 Å². The fraction of sp³-hybridized carbons (Fsp3) is 0.348. The van der Waals surface area contributed by atoms with Crippen molar-refractivity contribution in [1.82, 2.24) is 21.1 Å². The molecule has 3 rings (SSSR count). The van der Waals surface area contributed by atoms with Crippen molar-refractivity contribution in [2.45, 2.75) is 44.7 Å². The Morgan fingerprint density at radius 2 is 1.78 bits per heavy atom. The molecule has 0 aromatic heterocycles. The number of halogens is 2. The van der Waals surface area contributed by atoms with E-state index in [-0.39, 0.29) is 6.54 Å². The number of hydrazine groups is 1. The number of amides is 4. The molecule has 3 N–H and O–H groups in total. The van der Waals surface area contributed by atoms with Crippen LogP contribution < -0.4 is 16.1 Å². The van der Waals surface area contributed by atoms with Gasteiger partial charge >= 0.3 is 6.03 Å². The smallest absolute Gasteiger partial charge is 0.322 e. The third kappa shape index (κ3) is 5.41. The van der Waals surface area contributed by atoms with Crippen LogP contribution in [0.3, 0.4) is 0 Å². The van der Waals surface area contributed by atoms with E-state index in [2.05, 4.69) is 16.1 Å². The maximum absolute atomic E-state index is 12.9. The van der Waals surface area contributed by atoms with E-state index < -0.39 is 28.9 Å². The number of hydrogen-bond acceptors (Lipinski definition) is 4. The Morgan fingerprint density at radius 3 is 2.44 bits per heavy atom. The molecular weight excluding hydrogens is 451 g/mol. The van der Waals surface area contributed by atoms with E-state index in [1.807, 2.05) is 50.2 Å². The lowest BCUT2D eigenvalue weighted by molar-refractivity contribution is -0.138. The molecular formula is C23H26Cl2N4O3. The van der Waals surface area contributed by atoms with Gasteiger partial charge in [0.05, 0.1) is 16.6 Å². The van der Waals surface area contributed by atoms with Gasteiger partial charge in [-0.2, -0.15) is 5.01 Å². The zero-order chi connectivity index (χ0) is 23.5. The number of carbonyl (C=O) groups is 3. The molecule has 7 nitrogen and oxygen atoms in total. The van der Waals surface area contributed by atoms with Gasteiger partial charge in [-0.15, -0.1) is 0 Å². The Kier molecular flexibility index (Phi) is 7.12. The summed E-state index contributed by atoms with van der Waals surface area (Å²) in [4.78, 5) is 37.7. The molecule has 2 aromatic carbocycles. The molecule has 4 amide bonds. The molecule has 0 spiro atoms. The molecule has 2 aromatic rings. The Hall–Kier alpha value is -2.61. The summed E-state index contributed by atoms with van der Waals surface area (Å²) in [6.07, 6.45) is 1.03. The van der Waals surface area contributed by atoms with Crippen LogP contribution >= 0.6 is 23.2 Å². The predicted molar refractivity (Wildman–Crippen MR) is 124 cm³/mol. The first-order chi connectivity index (χ1) is 15.0. The zero-order valence-corrected chi connectivity index (χ0v) is 19.7. The lowest BCUT2D eigenvalue weighted by atomic mass is 9.93. The molecule has 1 heterocycles. The quantitative estimate of drug-likeness (QED) is 0.505. The van der Waals surface area contributed by atoms with Gasteiger partial charge in [-0.25, -0.2) is 4.79 Å². The molecule has 0 aliphatic carbocycles. The number of nitrogens with one attached hydrogen (secondary N) is 3. The van der Waals surface area contributed by atoms with Crippen LogP contribution in [-0.4, -0.2) is 34.9 Å². The van der Waals surface area contributed by atoms with Crippen molar-refractivity contribution in [3.8, 4) is 0 Å². The van der Waals surface area contributed by atoms with Crippen LogP contribution in [-0.2, 0) is 21.5 Å². The van der Waals surface area contributed by atoms with Gasteiger partial charge < -0.3 is 5.32 Å². The summed E-state index contributed by atoms with van der Waals surface area (Å²) in [5.41, 5.74) is 2.60. The Balaban J connectivity index is 1.57. The van der Waals surface area contributed by atoms with Crippen molar-refractivity contribution in [3.05, 3.63) is 69.7 Å². The van der Waals surface area contributed by atoms with Gasteiger partial charge in [-0.3, -0.25) is 20.3 Å². The lowest BCUT2D eigenvalue weighted by Gasteiger charge is -2.27. The second-order valence-electron chi connectivity index (χ2n) is 8.53. The number of imide groups is 1. The van der Waals surface area contributed by atoms with Crippen LogP contribution in [0.4, 0.5) is 4.79 Å². The van der Waals surface area contributed by atoms with Gasteiger partial charge in [-0.05, 0) is 56.9 Å². The first kappa shape index (κ1) is 24.0. The van der Waals surface area contributed by atoms with Gasteiger partial charge in [0.15, 0.2) is 0 Å². The van der Waals surface area contributed by atoms with E-state index in [4.69, 9.17) is 23.2 Å². The zero-order valence-electron chi connectivity index (χ0n) is 18.2. The Morgan fingerprint density at radius 1 is 1.09 bits per heavy atom. The van der Waals surface area contributed by atoms with Crippen LogP contribution in [0.25, 0.3) is 0 Å². The minimum absolute atomic E-state index is 0.120. The normalized spacial score (nSPS) is 18.6. The number of benzene rings is 2. The highest BCUT2D eigenvalue weighted by Gasteiger charge is 2.48. The summed E-state index contributed by atoms with van der Waals surface area (Å²) in [7, 11) is 0. The average Bonchev–Trinajstić information content (AvgIpc) is 2.97. The SMILES string of the molecule is CC1(CCc2ccccc2)NC(=O)N(NC(=O)CNC(C)(C)c2ccc(Cl)c(Cl)c2)C1=O. The van der Waals surface area contributed by atoms with Crippen LogP contribution in [0.2, 0.25) is 10.0 Å². The van der Waals surface area contributed by atoms with Gasteiger partial charge in [0.1, 0.15) is 5.54 Å². The molecule has 170 valence electrons. The van der Waals surface area contributed by atoms with Crippen molar-refractivity contribution in [2.24, 2.45) is 0 Å². The van der Waals surface area contributed by atoms with E-state index in [0.29, 0.717) is 22.9 Å². The molecule has 1 aliphatic rings.